The number of thiazole rings is 1. The molecule has 4 aliphatic rings. The molecule has 1 aromatic heterocycles. The van der Waals surface area contributed by atoms with Crippen LogP contribution in [0.1, 0.15) is 34.8 Å². The van der Waals surface area contributed by atoms with Crippen molar-refractivity contribution in [2.75, 3.05) is 18.5 Å². The summed E-state index contributed by atoms with van der Waals surface area (Å²) in [6, 6.07) is 15.0. The van der Waals surface area contributed by atoms with Gasteiger partial charge in [0.1, 0.15) is 5.75 Å². The lowest BCUT2D eigenvalue weighted by atomic mass is 9.68. The summed E-state index contributed by atoms with van der Waals surface area (Å²) in [6.07, 6.45) is 0.492. The van der Waals surface area contributed by atoms with Gasteiger partial charge in [-0.3, -0.25) is 28.9 Å². The lowest BCUT2D eigenvalue weighted by molar-refractivity contribution is -0.142. The second-order valence-corrected chi connectivity index (χ2v) is 13.9. The Bertz CT molecular complexity index is 1680. The van der Waals surface area contributed by atoms with Gasteiger partial charge in [0, 0.05) is 28.3 Å². The number of anilines is 1. The molecule has 222 valence electrons. The number of hydrogen-bond donors (Lipinski definition) is 3. The first-order valence-electron chi connectivity index (χ1n) is 14.3. The van der Waals surface area contributed by atoms with Crippen LogP contribution in [-0.4, -0.2) is 57.1 Å². The SMILES string of the molecule is Cc1ccc(NC(=O)COc2ccc([C@H]3c4sc(=O)[nH]c4SC4C5CC(C6C(=O)N(CCC(=O)O)C(=O)C56)C43)cc2)cc1. The highest BCUT2D eigenvalue weighted by atomic mass is 32.2. The van der Waals surface area contributed by atoms with Crippen LogP contribution in [0.2, 0.25) is 0 Å². The Morgan fingerprint density at radius 2 is 1.72 bits per heavy atom. The Morgan fingerprint density at radius 1 is 1.02 bits per heavy atom. The molecule has 0 radical (unpaired) electrons. The van der Waals surface area contributed by atoms with E-state index < -0.39 is 17.8 Å². The smallest absolute Gasteiger partial charge is 0.305 e. The maximum atomic E-state index is 13.5. The number of aryl methyl sites for hydroxylation is 1. The predicted molar refractivity (Wildman–Crippen MR) is 159 cm³/mol. The molecule has 3 heterocycles. The number of aromatic amines is 1. The van der Waals surface area contributed by atoms with Gasteiger partial charge in [-0.25, -0.2) is 0 Å². The number of likely N-dealkylation sites (tertiary alicyclic amines) is 1. The minimum absolute atomic E-state index is 0.0232. The second-order valence-electron chi connectivity index (χ2n) is 11.7. The zero-order valence-corrected chi connectivity index (χ0v) is 24.8. The number of benzene rings is 2. The molecule has 2 aliphatic heterocycles. The topological polar surface area (TPSA) is 146 Å². The summed E-state index contributed by atoms with van der Waals surface area (Å²) in [5, 5.41) is 12.8. The van der Waals surface area contributed by atoms with Gasteiger partial charge in [-0.1, -0.05) is 41.2 Å². The van der Waals surface area contributed by atoms with Crippen LogP contribution in [0.4, 0.5) is 5.69 Å². The third-order valence-corrected chi connectivity index (χ3v) is 11.9. The number of thioether (sulfide) groups is 1. The van der Waals surface area contributed by atoms with Gasteiger partial charge in [-0.2, -0.15) is 0 Å². The van der Waals surface area contributed by atoms with E-state index in [0.717, 1.165) is 27.5 Å². The van der Waals surface area contributed by atoms with E-state index in [9.17, 15) is 24.0 Å². The highest BCUT2D eigenvalue weighted by Crippen LogP contribution is 2.68. The number of hydrogen-bond acceptors (Lipinski definition) is 8. The molecule has 7 rings (SSSR count). The van der Waals surface area contributed by atoms with Crippen molar-refractivity contribution >= 4 is 52.5 Å². The average molecular weight is 620 g/mol. The molecule has 2 saturated carbocycles. The lowest BCUT2D eigenvalue weighted by Crippen LogP contribution is -2.42. The van der Waals surface area contributed by atoms with Crippen molar-refractivity contribution in [1.82, 2.24) is 9.88 Å². The fourth-order valence-corrected chi connectivity index (χ4v) is 10.5. The molecule has 2 aromatic carbocycles. The third-order valence-electron chi connectivity index (χ3n) is 9.31. The van der Waals surface area contributed by atoms with E-state index in [1.165, 1.54) is 16.2 Å². The number of carbonyl (C=O) groups is 4. The molecule has 1 saturated heterocycles. The van der Waals surface area contributed by atoms with Gasteiger partial charge in [0.25, 0.3) is 5.91 Å². The number of aromatic nitrogens is 1. The van der Waals surface area contributed by atoms with E-state index in [4.69, 9.17) is 9.84 Å². The maximum Gasteiger partial charge on any atom is 0.305 e. The normalized spacial score (nSPS) is 28.4. The Labute approximate surface area is 254 Å². The second kappa shape index (κ2) is 10.7. The van der Waals surface area contributed by atoms with Crippen LogP contribution in [-0.2, 0) is 19.2 Å². The summed E-state index contributed by atoms with van der Waals surface area (Å²) in [5.41, 5.74) is 2.77. The van der Waals surface area contributed by atoms with Crippen molar-refractivity contribution in [2.24, 2.45) is 29.6 Å². The molecule has 10 nitrogen and oxygen atoms in total. The number of aliphatic carboxylic acids is 1. The van der Waals surface area contributed by atoms with Gasteiger partial charge in [0.05, 0.1) is 23.3 Å². The van der Waals surface area contributed by atoms with Crippen LogP contribution >= 0.6 is 23.1 Å². The molecule has 3 amide bonds. The number of carboxylic acids is 1. The summed E-state index contributed by atoms with van der Waals surface area (Å²) in [5.74, 6) is -2.36. The summed E-state index contributed by atoms with van der Waals surface area (Å²) >= 11 is 2.79. The summed E-state index contributed by atoms with van der Waals surface area (Å²) in [6.45, 7) is 1.73. The summed E-state index contributed by atoms with van der Waals surface area (Å²) in [7, 11) is 0. The van der Waals surface area contributed by atoms with E-state index in [-0.39, 0.29) is 71.1 Å². The number of fused-ring (bicyclic) bond motifs is 9. The standard InChI is InChI=1S/C31H29N3O7S2/c1-14-2-6-16(7-3-14)32-20(35)13-41-17-8-4-15(5-9-17)22-23-18-12-19(26(23)42-28-27(22)43-31(40)33-28)25-24(18)29(38)34(30(25)39)11-10-21(36)37/h2-9,18-19,22-26H,10-13H2,1H3,(H,32,35)(H,33,40)(H,36,37)/t18?,19?,22-,23?,24?,25?,26?/m1/s1. The van der Waals surface area contributed by atoms with E-state index >= 15 is 0 Å². The highest BCUT2D eigenvalue weighted by molar-refractivity contribution is 8.00. The number of nitrogens with zero attached hydrogens (tertiary/aromatic N) is 1. The van der Waals surface area contributed by atoms with E-state index in [2.05, 4.69) is 10.3 Å². The van der Waals surface area contributed by atoms with E-state index in [1.807, 2.05) is 55.5 Å². The van der Waals surface area contributed by atoms with E-state index in [1.54, 1.807) is 11.8 Å². The van der Waals surface area contributed by atoms with Crippen molar-refractivity contribution in [3.05, 3.63) is 74.2 Å². The maximum absolute atomic E-state index is 13.5. The van der Waals surface area contributed by atoms with Gasteiger partial charge in [0.15, 0.2) is 6.61 Å². The molecule has 6 unspecified atom stereocenters. The Hall–Kier alpha value is -3.90. The van der Waals surface area contributed by atoms with E-state index in [0.29, 0.717) is 11.4 Å². The van der Waals surface area contributed by atoms with Gasteiger partial charge in [-0.05, 0) is 60.9 Å². The number of carboxylic acid groups (broad SMARTS) is 1. The van der Waals surface area contributed by atoms with Crippen molar-refractivity contribution in [1.29, 1.82) is 0 Å². The first kappa shape index (κ1) is 27.9. The number of imide groups is 1. The van der Waals surface area contributed by atoms with Gasteiger partial charge >= 0.3 is 10.8 Å². The molecule has 2 bridgehead atoms. The number of nitrogens with one attached hydrogen (secondary N) is 2. The van der Waals surface area contributed by atoms with Crippen molar-refractivity contribution in [3.8, 4) is 5.75 Å². The number of H-pyrrole nitrogens is 1. The van der Waals surface area contributed by atoms with Crippen LogP contribution in [0.25, 0.3) is 0 Å². The number of rotatable bonds is 8. The van der Waals surface area contributed by atoms with Gasteiger partial charge < -0.3 is 20.1 Å². The number of carbonyl (C=O) groups excluding carboxylic acids is 3. The molecule has 7 atom stereocenters. The first-order chi connectivity index (χ1) is 20.7. The fourth-order valence-electron chi connectivity index (χ4n) is 7.63. The zero-order chi connectivity index (χ0) is 30.0. The van der Waals surface area contributed by atoms with Crippen molar-refractivity contribution in [3.63, 3.8) is 0 Å². The third kappa shape index (κ3) is 4.76. The van der Waals surface area contributed by atoms with Crippen LogP contribution in [0.15, 0.2) is 58.4 Å². The molecule has 3 fully saturated rings. The van der Waals surface area contributed by atoms with Gasteiger partial charge in [0.2, 0.25) is 11.8 Å². The highest BCUT2D eigenvalue weighted by Gasteiger charge is 2.69. The lowest BCUT2D eigenvalue weighted by Gasteiger charge is -2.43. The van der Waals surface area contributed by atoms with Crippen molar-refractivity contribution < 1.29 is 29.0 Å². The Morgan fingerprint density at radius 3 is 2.42 bits per heavy atom. The molecular formula is C31H29N3O7S2. The molecule has 0 spiro atoms. The van der Waals surface area contributed by atoms with Crippen LogP contribution in [0, 0.1) is 36.5 Å². The quantitative estimate of drug-likeness (QED) is 0.324. The predicted octanol–water partition coefficient (Wildman–Crippen LogP) is 3.71. The molecular weight excluding hydrogens is 590 g/mol. The molecule has 3 aromatic rings. The minimum atomic E-state index is -1.04. The molecule has 2 aliphatic carbocycles. The van der Waals surface area contributed by atoms with Gasteiger partial charge in [-0.15, -0.1) is 11.8 Å². The number of amides is 3. The molecule has 43 heavy (non-hydrogen) atoms. The van der Waals surface area contributed by atoms with Crippen LogP contribution in [0.5, 0.6) is 5.75 Å². The monoisotopic (exact) mass is 619 g/mol. The fraction of sp³-hybridized carbons (Fsp3) is 0.387. The van der Waals surface area contributed by atoms with Crippen LogP contribution in [0.3, 0.4) is 0 Å². The molecule has 3 N–H and O–H groups in total. The Kier molecular flexibility index (Phi) is 6.93. The molecule has 12 heteroatoms. The van der Waals surface area contributed by atoms with Crippen LogP contribution < -0.4 is 14.9 Å². The Balaban J connectivity index is 1.12. The van der Waals surface area contributed by atoms with Crippen molar-refractivity contribution in [2.45, 2.75) is 36.0 Å². The largest absolute Gasteiger partial charge is 0.484 e. The summed E-state index contributed by atoms with van der Waals surface area (Å²) < 4.78 is 5.75. The summed E-state index contributed by atoms with van der Waals surface area (Å²) in [4.78, 5) is 67.8. The zero-order valence-electron chi connectivity index (χ0n) is 23.1. The average Bonchev–Trinajstić information content (AvgIpc) is 3.71. The minimum Gasteiger partial charge on any atom is -0.484 e. The first-order valence-corrected chi connectivity index (χ1v) is 15.9. The number of ether oxygens (including phenoxy) is 1.